The SMILES string of the molecule is N#CCC1CCN(C2=NC(=Nc3ccc4n[nH]nc4c3)C3C(=O)NN=CC3=N2)CC1. The Morgan fingerprint density at radius 2 is 2.03 bits per heavy atom. The number of guanidine groups is 1. The first-order valence-electron chi connectivity index (χ1n) is 9.72. The van der Waals surface area contributed by atoms with Crippen LogP contribution in [0.25, 0.3) is 11.0 Å². The van der Waals surface area contributed by atoms with Crippen LogP contribution in [0.15, 0.2) is 38.3 Å². The normalized spacial score (nSPS) is 23.0. The van der Waals surface area contributed by atoms with Crippen LogP contribution in [0.1, 0.15) is 19.3 Å². The van der Waals surface area contributed by atoms with Gasteiger partial charge in [-0.05, 0) is 37.0 Å². The summed E-state index contributed by atoms with van der Waals surface area (Å²) >= 11 is 0. The lowest BCUT2D eigenvalue weighted by Crippen LogP contribution is -2.47. The molecule has 11 heteroatoms. The highest BCUT2D eigenvalue weighted by atomic mass is 16.2. The van der Waals surface area contributed by atoms with E-state index in [1.165, 1.54) is 0 Å². The maximum absolute atomic E-state index is 12.5. The van der Waals surface area contributed by atoms with E-state index in [1.54, 1.807) is 18.3 Å². The van der Waals surface area contributed by atoms with E-state index in [-0.39, 0.29) is 5.91 Å². The second-order valence-corrected chi connectivity index (χ2v) is 7.38. The molecule has 5 rings (SSSR count). The van der Waals surface area contributed by atoms with Gasteiger partial charge in [0.2, 0.25) is 5.96 Å². The Balaban J connectivity index is 1.49. The first kappa shape index (κ1) is 18.1. The molecule has 2 N–H and O–H groups in total. The van der Waals surface area contributed by atoms with E-state index in [0.29, 0.717) is 41.0 Å². The van der Waals surface area contributed by atoms with Crippen molar-refractivity contribution in [3.8, 4) is 6.07 Å². The third kappa shape index (κ3) is 3.32. The summed E-state index contributed by atoms with van der Waals surface area (Å²) in [6.45, 7) is 1.52. The van der Waals surface area contributed by atoms with Crippen molar-refractivity contribution in [2.45, 2.75) is 19.3 Å². The number of hydrogen-bond donors (Lipinski definition) is 2. The molecule has 3 aliphatic heterocycles. The van der Waals surface area contributed by atoms with Crippen molar-refractivity contribution in [2.75, 3.05) is 13.1 Å². The molecule has 1 amide bonds. The van der Waals surface area contributed by atoms with Crippen molar-refractivity contribution in [2.24, 2.45) is 31.9 Å². The number of rotatable bonds is 2. The number of amides is 1. The molecule has 1 aromatic heterocycles. The molecule has 3 aliphatic rings. The summed E-state index contributed by atoms with van der Waals surface area (Å²) in [5, 5.41) is 23.5. The average molecular weight is 402 g/mol. The third-order valence-corrected chi connectivity index (χ3v) is 5.45. The first-order chi connectivity index (χ1) is 14.7. The number of aliphatic imine (C=N–C) groups is 3. The van der Waals surface area contributed by atoms with Gasteiger partial charge < -0.3 is 4.90 Å². The number of piperidine rings is 1. The van der Waals surface area contributed by atoms with E-state index in [0.717, 1.165) is 31.4 Å². The van der Waals surface area contributed by atoms with Crippen LogP contribution in [0.2, 0.25) is 0 Å². The number of carbonyl (C=O) groups is 1. The van der Waals surface area contributed by atoms with Gasteiger partial charge in [0, 0.05) is 19.5 Å². The molecule has 30 heavy (non-hydrogen) atoms. The average Bonchev–Trinajstić information content (AvgIpc) is 3.22. The highest BCUT2D eigenvalue weighted by Crippen LogP contribution is 2.25. The van der Waals surface area contributed by atoms with Gasteiger partial charge in [-0.3, -0.25) is 4.79 Å². The van der Waals surface area contributed by atoms with Gasteiger partial charge in [0.25, 0.3) is 5.91 Å². The second kappa shape index (κ2) is 7.47. The third-order valence-electron chi connectivity index (χ3n) is 5.45. The Morgan fingerprint density at radius 3 is 2.87 bits per heavy atom. The number of benzene rings is 1. The lowest BCUT2D eigenvalue weighted by molar-refractivity contribution is -0.121. The van der Waals surface area contributed by atoms with E-state index in [1.807, 2.05) is 6.07 Å². The standard InChI is InChI=1S/C19H18N10O/c20-6-3-11-4-7-29(8-5-11)19-23-15-10-21-27-18(30)16(15)17(24-19)22-12-1-2-13-14(9-12)26-28-25-13/h1-2,9-11,16H,3-5,7-8H2,(H,27,30)(H,25,26,28). The highest BCUT2D eigenvalue weighted by molar-refractivity contribution is 6.46. The minimum Gasteiger partial charge on any atom is -0.341 e. The minimum atomic E-state index is -0.713. The lowest BCUT2D eigenvalue weighted by atomic mass is 9.94. The Morgan fingerprint density at radius 1 is 1.20 bits per heavy atom. The zero-order chi connectivity index (χ0) is 20.5. The molecule has 1 fully saturated rings. The van der Waals surface area contributed by atoms with Gasteiger partial charge in [0.15, 0.2) is 5.84 Å². The van der Waals surface area contributed by atoms with Gasteiger partial charge in [-0.2, -0.15) is 30.8 Å². The van der Waals surface area contributed by atoms with Crippen molar-refractivity contribution in [1.82, 2.24) is 25.7 Å². The van der Waals surface area contributed by atoms with Crippen molar-refractivity contribution < 1.29 is 4.79 Å². The van der Waals surface area contributed by atoms with Gasteiger partial charge in [-0.25, -0.2) is 15.4 Å². The van der Waals surface area contributed by atoms with Crippen LogP contribution in [-0.4, -0.2) is 63.0 Å². The maximum Gasteiger partial charge on any atom is 0.257 e. The van der Waals surface area contributed by atoms with Crippen molar-refractivity contribution in [3.63, 3.8) is 0 Å². The van der Waals surface area contributed by atoms with E-state index in [9.17, 15) is 4.79 Å². The summed E-state index contributed by atoms with van der Waals surface area (Å²) in [5.74, 6) is 0.267. The summed E-state index contributed by atoms with van der Waals surface area (Å²) in [6, 6.07) is 7.65. The molecule has 0 saturated carbocycles. The number of hydrogen-bond acceptors (Lipinski definition) is 8. The van der Waals surface area contributed by atoms with Crippen LogP contribution in [0, 0.1) is 23.2 Å². The van der Waals surface area contributed by atoms with Crippen LogP contribution < -0.4 is 5.43 Å². The Kier molecular flexibility index (Phi) is 4.51. The summed E-state index contributed by atoms with van der Waals surface area (Å²) in [6.07, 6.45) is 3.93. The van der Waals surface area contributed by atoms with E-state index >= 15 is 0 Å². The minimum absolute atomic E-state index is 0.312. The molecular formula is C19H18N10O. The van der Waals surface area contributed by atoms with Crippen LogP contribution in [0.4, 0.5) is 5.69 Å². The Bertz CT molecular complexity index is 1160. The lowest BCUT2D eigenvalue weighted by Gasteiger charge is -2.33. The monoisotopic (exact) mass is 402 g/mol. The van der Waals surface area contributed by atoms with E-state index in [2.05, 4.69) is 51.9 Å². The quantitative estimate of drug-likeness (QED) is 0.773. The van der Waals surface area contributed by atoms with Gasteiger partial charge >= 0.3 is 0 Å². The van der Waals surface area contributed by atoms with Crippen molar-refractivity contribution in [3.05, 3.63) is 18.2 Å². The van der Waals surface area contributed by atoms with Gasteiger partial charge in [-0.15, -0.1) is 0 Å². The molecule has 2 aromatic rings. The van der Waals surface area contributed by atoms with Crippen LogP contribution >= 0.6 is 0 Å². The number of aromatic nitrogens is 3. The molecule has 1 saturated heterocycles. The number of fused-ring (bicyclic) bond motifs is 2. The predicted molar refractivity (Wildman–Crippen MR) is 111 cm³/mol. The number of nitriles is 1. The fourth-order valence-electron chi connectivity index (χ4n) is 3.81. The smallest absolute Gasteiger partial charge is 0.257 e. The van der Waals surface area contributed by atoms with E-state index in [4.69, 9.17) is 5.26 Å². The summed E-state index contributed by atoms with van der Waals surface area (Å²) in [5.41, 5.74) is 5.02. The number of carbonyl (C=O) groups excluding carboxylic acids is 1. The molecule has 4 heterocycles. The summed E-state index contributed by atoms with van der Waals surface area (Å²) in [4.78, 5) is 28.4. The highest BCUT2D eigenvalue weighted by Gasteiger charge is 2.36. The van der Waals surface area contributed by atoms with Crippen LogP contribution in [0.5, 0.6) is 0 Å². The number of nitrogens with one attached hydrogen (secondary N) is 2. The van der Waals surface area contributed by atoms with E-state index < -0.39 is 5.92 Å². The fraction of sp³-hybridized carbons (Fsp3) is 0.368. The molecule has 0 spiro atoms. The van der Waals surface area contributed by atoms with Gasteiger partial charge in [0.1, 0.15) is 17.0 Å². The maximum atomic E-state index is 12.5. The number of nitrogens with zero attached hydrogens (tertiary/aromatic N) is 8. The van der Waals surface area contributed by atoms with Crippen molar-refractivity contribution >= 4 is 46.3 Å². The Hall–Kier alpha value is -3.94. The molecule has 11 nitrogen and oxygen atoms in total. The topological polar surface area (TPSA) is 147 Å². The molecule has 1 atom stereocenters. The van der Waals surface area contributed by atoms with Gasteiger partial charge in [-0.1, -0.05) is 0 Å². The zero-order valence-electron chi connectivity index (χ0n) is 16.0. The van der Waals surface area contributed by atoms with Gasteiger partial charge in [0.05, 0.1) is 23.7 Å². The summed E-state index contributed by atoms with van der Waals surface area (Å²) < 4.78 is 0. The Labute approximate surface area is 171 Å². The molecule has 1 unspecified atom stereocenters. The fourth-order valence-corrected chi connectivity index (χ4v) is 3.81. The van der Waals surface area contributed by atoms with Crippen LogP contribution in [0.3, 0.4) is 0 Å². The molecule has 150 valence electrons. The number of likely N-dealkylation sites (tertiary alicyclic amines) is 1. The number of aromatic amines is 1. The molecular weight excluding hydrogens is 384 g/mol. The number of H-pyrrole nitrogens is 1. The van der Waals surface area contributed by atoms with Crippen LogP contribution in [-0.2, 0) is 4.79 Å². The zero-order valence-corrected chi connectivity index (χ0v) is 16.0. The molecule has 0 radical (unpaired) electrons. The number of amidine groups is 1. The molecule has 0 aliphatic carbocycles. The molecule has 1 aromatic carbocycles. The predicted octanol–water partition coefficient (Wildman–Crippen LogP) is 1.16. The first-order valence-corrected chi connectivity index (χ1v) is 9.72. The largest absolute Gasteiger partial charge is 0.341 e. The molecule has 0 bridgehead atoms. The summed E-state index contributed by atoms with van der Waals surface area (Å²) in [7, 11) is 0. The van der Waals surface area contributed by atoms with Crippen molar-refractivity contribution in [1.29, 1.82) is 5.26 Å². The second-order valence-electron chi connectivity index (χ2n) is 7.38. The number of hydrazone groups is 1.